The molecule has 3 amide bonds. The van der Waals surface area contributed by atoms with Gasteiger partial charge in [0, 0.05) is 31.0 Å². The number of non-ortho nitro benzene ring substituents is 1. The number of nitro benzene ring substituents is 1. The van der Waals surface area contributed by atoms with Crippen molar-refractivity contribution in [3.8, 4) is 5.75 Å². The molecule has 1 fully saturated rings. The maximum Gasteiger partial charge on any atom is 0.329 e. The van der Waals surface area contributed by atoms with Crippen LogP contribution in [0.3, 0.4) is 0 Å². The van der Waals surface area contributed by atoms with E-state index < -0.39 is 16.7 Å². The van der Waals surface area contributed by atoms with Crippen LogP contribution in [0.25, 0.3) is 0 Å². The lowest BCUT2D eigenvalue weighted by molar-refractivity contribution is -0.384. The van der Waals surface area contributed by atoms with Gasteiger partial charge in [0.15, 0.2) is 6.61 Å². The van der Waals surface area contributed by atoms with Crippen molar-refractivity contribution in [1.82, 2.24) is 10.7 Å². The van der Waals surface area contributed by atoms with Crippen LogP contribution >= 0.6 is 0 Å². The van der Waals surface area contributed by atoms with E-state index in [0.29, 0.717) is 17.9 Å². The number of benzene rings is 2. The number of nitrogens with one attached hydrogen (secondary N) is 3. The highest BCUT2D eigenvalue weighted by molar-refractivity contribution is 6.39. The van der Waals surface area contributed by atoms with Crippen molar-refractivity contribution in [3.63, 3.8) is 0 Å². The zero-order chi connectivity index (χ0) is 24.3. The summed E-state index contributed by atoms with van der Waals surface area (Å²) >= 11 is 0. The number of hydrogen-bond donors (Lipinski definition) is 3. The molecule has 1 heterocycles. The van der Waals surface area contributed by atoms with Gasteiger partial charge in [-0.3, -0.25) is 24.5 Å². The quantitative estimate of drug-likeness (QED) is 0.216. The molecule has 12 nitrogen and oxygen atoms in total. The normalized spacial score (nSPS) is 15.0. The first kappa shape index (κ1) is 24.3. The van der Waals surface area contributed by atoms with Gasteiger partial charge < -0.3 is 20.1 Å². The Morgan fingerprint density at radius 2 is 1.85 bits per heavy atom. The Labute approximate surface area is 194 Å². The molecule has 1 saturated heterocycles. The third-order valence-corrected chi connectivity index (χ3v) is 4.72. The van der Waals surface area contributed by atoms with Crippen molar-refractivity contribution >= 4 is 35.3 Å². The van der Waals surface area contributed by atoms with E-state index in [1.807, 2.05) is 0 Å². The fourth-order valence-electron chi connectivity index (χ4n) is 2.95. The Bertz CT molecular complexity index is 1050. The van der Waals surface area contributed by atoms with Gasteiger partial charge in [-0.1, -0.05) is 0 Å². The highest BCUT2D eigenvalue weighted by Crippen LogP contribution is 2.15. The molecule has 34 heavy (non-hydrogen) atoms. The van der Waals surface area contributed by atoms with E-state index >= 15 is 0 Å². The predicted octanol–water partition coefficient (Wildman–Crippen LogP) is 1.36. The summed E-state index contributed by atoms with van der Waals surface area (Å²) in [5.41, 5.74) is 2.80. The fourth-order valence-corrected chi connectivity index (χ4v) is 2.95. The lowest BCUT2D eigenvalue weighted by Crippen LogP contribution is -2.35. The number of ether oxygens (including phenoxy) is 2. The minimum Gasteiger partial charge on any atom is -0.484 e. The number of carbonyl (C=O) groups is 3. The van der Waals surface area contributed by atoms with Gasteiger partial charge in [0.2, 0.25) is 0 Å². The Kier molecular flexibility index (Phi) is 8.63. The smallest absolute Gasteiger partial charge is 0.329 e. The molecule has 2 aromatic rings. The van der Waals surface area contributed by atoms with E-state index in [0.717, 1.165) is 19.4 Å². The van der Waals surface area contributed by atoms with Crippen molar-refractivity contribution in [2.45, 2.75) is 18.9 Å². The van der Waals surface area contributed by atoms with Crippen molar-refractivity contribution in [2.24, 2.45) is 5.10 Å². The van der Waals surface area contributed by atoms with Gasteiger partial charge in [0.25, 0.3) is 11.6 Å². The Balaban J connectivity index is 1.38. The third-order valence-electron chi connectivity index (χ3n) is 4.72. The SMILES string of the molecule is O=C(COc1ccc(/C=N\NC(=O)C(=O)Nc2ccc([N+](=O)[O-])cc2)cc1)NC[C@@H]1CCCO1. The second-order valence-corrected chi connectivity index (χ2v) is 7.25. The first-order valence-corrected chi connectivity index (χ1v) is 10.4. The molecule has 0 aliphatic carbocycles. The largest absolute Gasteiger partial charge is 0.484 e. The first-order chi connectivity index (χ1) is 16.4. The number of anilines is 1. The van der Waals surface area contributed by atoms with E-state index in [2.05, 4.69) is 21.2 Å². The molecule has 0 aromatic heterocycles. The van der Waals surface area contributed by atoms with E-state index in [9.17, 15) is 24.5 Å². The van der Waals surface area contributed by atoms with Crippen LogP contribution < -0.4 is 20.8 Å². The van der Waals surface area contributed by atoms with Crippen LogP contribution in [0.4, 0.5) is 11.4 Å². The maximum absolute atomic E-state index is 11.9. The number of carbonyl (C=O) groups excluding carboxylic acids is 3. The monoisotopic (exact) mass is 469 g/mol. The average molecular weight is 469 g/mol. The fraction of sp³-hybridized carbons (Fsp3) is 0.273. The first-order valence-electron chi connectivity index (χ1n) is 10.4. The summed E-state index contributed by atoms with van der Waals surface area (Å²) in [5, 5.41) is 19.4. The lowest BCUT2D eigenvalue weighted by Gasteiger charge is -2.11. The molecule has 1 aliphatic heterocycles. The van der Waals surface area contributed by atoms with Crippen molar-refractivity contribution in [1.29, 1.82) is 0 Å². The highest BCUT2D eigenvalue weighted by atomic mass is 16.6. The van der Waals surface area contributed by atoms with Gasteiger partial charge in [-0.25, -0.2) is 5.43 Å². The summed E-state index contributed by atoms with van der Waals surface area (Å²) in [6.07, 6.45) is 3.34. The number of rotatable bonds is 9. The summed E-state index contributed by atoms with van der Waals surface area (Å²) in [5.74, 6) is -1.75. The molecule has 178 valence electrons. The van der Waals surface area contributed by atoms with Crippen molar-refractivity contribution in [3.05, 3.63) is 64.2 Å². The molecule has 0 saturated carbocycles. The molecule has 2 aromatic carbocycles. The topological polar surface area (TPSA) is 161 Å². The van der Waals surface area contributed by atoms with Gasteiger partial charge in [-0.05, 0) is 54.8 Å². The Morgan fingerprint density at radius 3 is 2.50 bits per heavy atom. The predicted molar refractivity (Wildman–Crippen MR) is 121 cm³/mol. The number of nitro groups is 1. The van der Waals surface area contributed by atoms with Crippen molar-refractivity contribution < 1.29 is 28.8 Å². The van der Waals surface area contributed by atoms with Crippen molar-refractivity contribution in [2.75, 3.05) is 25.1 Å². The van der Waals surface area contributed by atoms with E-state index in [-0.39, 0.29) is 30.0 Å². The molecule has 3 N–H and O–H groups in total. The van der Waals surface area contributed by atoms with E-state index in [1.54, 1.807) is 24.3 Å². The number of hydrogen-bond acceptors (Lipinski definition) is 8. The van der Waals surface area contributed by atoms with Gasteiger partial charge in [-0.15, -0.1) is 0 Å². The van der Waals surface area contributed by atoms with Gasteiger partial charge in [0.1, 0.15) is 5.75 Å². The Hall–Kier alpha value is -4.32. The molecule has 3 rings (SSSR count). The second-order valence-electron chi connectivity index (χ2n) is 7.25. The Morgan fingerprint density at radius 1 is 1.12 bits per heavy atom. The number of hydrazone groups is 1. The molecule has 0 unspecified atom stereocenters. The molecule has 0 radical (unpaired) electrons. The van der Waals surface area contributed by atoms with Gasteiger partial charge >= 0.3 is 11.8 Å². The standard InChI is InChI=1S/C22H23N5O7/c28-20(23-13-19-2-1-11-33-19)14-34-18-9-3-15(4-10-18)12-24-26-22(30)21(29)25-16-5-7-17(8-6-16)27(31)32/h3-10,12,19H,1-2,11,13-14H2,(H,23,28)(H,25,29)(H,26,30)/b24-12-/t19-/m0/s1. The van der Waals surface area contributed by atoms with E-state index in [4.69, 9.17) is 9.47 Å². The van der Waals surface area contributed by atoms with Crippen LogP contribution in [0.2, 0.25) is 0 Å². The summed E-state index contributed by atoms with van der Waals surface area (Å²) in [6, 6.07) is 11.6. The molecule has 0 bridgehead atoms. The molecular formula is C22H23N5O7. The molecule has 12 heteroatoms. The minimum absolute atomic E-state index is 0.0661. The lowest BCUT2D eigenvalue weighted by atomic mass is 10.2. The van der Waals surface area contributed by atoms with E-state index in [1.165, 1.54) is 30.5 Å². The third kappa shape index (κ3) is 7.67. The molecule has 1 aliphatic rings. The summed E-state index contributed by atoms with van der Waals surface area (Å²) < 4.78 is 10.9. The van der Waals surface area contributed by atoms with Crippen LogP contribution in [-0.4, -0.2) is 54.7 Å². The number of nitrogens with zero attached hydrogens (tertiary/aromatic N) is 2. The zero-order valence-electron chi connectivity index (χ0n) is 18.1. The van der Waals surface area contributed by atoms with Crippen LogP contribution in [0.15, 0.2) is 53.6 Å². The van der Waals surface area contributed by atoms with Gasteiger partial charge in [0.05, 0.1) is 17.2 Å². The van der Waals surface area contributed by atoms with Crippen LogP contribution in [0.5, 0.6) is 5.75 Å². The molecular weight excluding hydrogens is 446 g/mol. The van der Waals surface area contributed by atoms with Crippen LogP contribution in [0.1, 0.15) is 18.4 Å². The second kappa shape index (κ2) is 12.1. The summed E-state index contributed by atoms with van der Waals surface area (Å²) in [7, 11) is 0. The van der Waals surface area contributed by atoms with Crippen LogP contribution in [-0.2, 0) is 19.1 Å². The highest BCUT2D eigenvalue weighted by Gasteiger charge is 2.16. The average Bonchev–Trinajstić information content (AvgIpc) is 3.36. The molecule has 1 atom stereocenters. The van der Waals surface area contributed by atoms with Gasteiger partial charge in [-0.2, -0.15) is 5.10 Å². The van der Waals surface area contributed by atoms with Crippen LogP contribution in [0, 0.1) is 10.1 Å². The number of amides is 3. The minimum atomic E-state index is -1.01. The zero-order valence-corrected chi connectivity index (χ0v) is 18.1. The summed E-state index contributed by atoms with van der Waals surface area (Å²) in [4.78, 5) is 45.6. The summed E-state index contributed by atoms with van der Waals surface area (Å²) in [6.45, 7) is 1.07. The maximum atomic E-state index is 11.9. The molecule has 0 spiro atoms.